The van der Waals surface area contributed by atoms with Crippen molar-refractivity contribution in [3.63, 3.8) is 0 Å². The van der Waals surface area contributed by atoms with Crippen LogP contribution < -0.4 is 9.62 Å². The normalized spacial score (nSPS) is 12.0. The number of rotatable bonds is 13. The summed E-state index contributed by atoms with van der Waals surface area (Å²) in [6.07, 6.45) is 1.44. The van der Waals surface area contributed by atoms with E-state index in [1.54, 1.807) is 11.0 Å². The number of anilines is 1. The SMILES string of the molecule is CCNC(=O)[C@@H](Cc1ccccc1)N(Cc1ccc(Br)cc1)C(=O)CCCN(c1ccccc1F)S(C)(=O)=O. The van der Waals surface area contributed by atoms with E-state index in [9.17, 15) is 22.4 Å². The van der Waals surface area contributed by atoms with Crippen LogP contribution in [-0.4, -0.2) is 50.5 Å². The fourth-order valence-corrected chi connectivity index (χ4v) is 5.50. The van der Waals surface area contributed by atoms with Crippen molar-refractivity contribution in [2.24, 2.45) is 0 Å². The molecule has 10 heteroatoms. The van der Waals surface area contributed by atoms with Crippen LogP contribution in [0.25, 0.3) is 0 Å². The molecule has 0 heterocycles. The van der Waals surface area contributed by atoms with Gasteiger partial charge in [0, 0.05) is 36.9 Å². The summed E-state index contributed by atoms with van der Waals surface area (Å²) in [4.78, 5) is 28.5. The Kier molecular flexibility index (Phi) is 11.1. The van der Waals surface area contributed by atoms with Crippen molar-refractivity contribution in [3.8, 4) is 0 Å². The molecular weight excluding hydrogens is 585 g/mol. The Morgan fingerprint density at radius 2 is 1.59 bits per heavy atom. The molecule has 0 unspecified atom stereocenters. The van der Waals surface area contributed by atoms with Crippen LogP contribution >= 0.6 is 15.9 Å². The monoisotopic (exact) mass is 617 g/mol. The molecule has 208 valence electrons. The molecule has 1 N–H and O–H groups in total. The third-order valence-corrected chi connectivity index (χ3v) is 7.87. The Balaban J connectivity index is 1.86. The summed E-state index contributed by atoms with van der Waals surface area (Å²) in [6.45, 7) is 2.35. The van der Waals surface area contributed by atoms with Crippen molar-refractivity contribution in [1.29, 1.82) is 0 Å². The number of hydrogen-bond acceptors (Lipinski definition) is 4. The van der Waals surface area contributed by atoms with Crippen molar-refractivity contribution in [1.82, 2.24) is 10.2 Å². The Morgan fingerprint density at radius 1 is 0.949 bits per heavy atom. The van der Waals surface area contributed by atoms with Gasteiger partial charge in [-0.1, -0.05) is 70.5 Å². The van der Waals surface area contributed by atoms with Gasteiger partial charge in [0.2, 0.25) is 21.8 Å². The fourth-order valence-electron chi connectivity index (χ4n) is 4.27. The number of hydrogen-bond donors (Lipinski definition) is 1. The van der Waals surface area contributed by atoms with Gasteiger partial charge < -0.3 is 10.2 Å². The molecule has 0 bridgehead atoms. The zero-order chi connectivity index (χ0) is 28.4. The van der Waals surface area contributed by atoms with Crippen molar-refractivity contribution in [3.05, 3.63) is 100 Å². The van der Waals surface area contributed by atoms with Crippen LogP contribution in [0.5, 0.6) is 0 Å². The summed E-state index contributed by atoms with van der Waals surface area (Å²) in [7, 11) is -3.79. The topological polar surface area (TPSA) is 86.8 Å². The lowest BCUT2D eigenvalue weighted by molar-refractivity contribution is -0.141. The molecular formula is C29H33BrFN3O4S. The minimum atomic E-state index is -3.79. The predicted molar refractivity (Wildman–Crippen MR) is 155 cm³/mol. The van der Waals surface area contributed by atoms with Crippen molar-refractivity contribution < 1.29 is 22.4 Å². The molecule has 3 rings (SSSR count). The van der Waals surface area contributed by atoms with Gasteiger partial charge in [-0.2, -0.15) is 0 Å². The van der Waals surface area contributed by atoms with E-state index in [2.05, 4.69) is 21.2 Å². The van der Waals surface area contributed by atoms with E-state index in [4.69, 9.17) is 0 Å². The lowest BCUT2D eigenvalue weighted by Gasteiger charge is -2.32. The van der Waals surface area contributed by atoms with Gasteiger partial charge in [-0.05, 0) is 48.7 Å². The second-order valence-corrected chi connectivity index (χ2v) is 12.0. The quantitative estimate of drug-likeness (QED) is 0.295. The zero-order valence-corrected chi connectivity index (χ0v) is 24.4. The van der Waals surface area contributed by atoms with Gasteiger partial charge in [0.05, 0.1) is 11.9 Å². The average molecular weight is 619 g/mol. The number of nitrogens with one attached hydrogen (secondary N) is 1. The van der Waals surface area contributed by atoms with E-state index in [-0.39, 0.29) is 43.4 Å². The predicted octanol–water partition coefficient (Wildman–Crippen LogP) is 4.91. The number of nitrogens with zero attached hydrogens (tertiary/aromatic N) is 2. The second kappa shape index (κ2) is 14.2. The summed E-state index contributed by atoms with van der Waals surface area (Å²) in [5, 5.41) is 2.85. The molecule has 0 spiro atoms. The Bertz CT molecular complexity index is 1350. The van der Waals surface area contributed by atoms with Crippen molar-refractivity contribution >= 4 is 43.5 Å². The summed E-state index contributed by atoms with van der Waals surface area (Å²) in [5.41, 5.74) is 1.69. The second-order valence-electron chi connectivity index (χ2n) is 9.14. The third kappa shape index (κ3) is 8.90. The molecule has 7 nitrogen and oxygen atoms in total. The number of carbonyl (C=O) groups excluding carboxylic acids is 2. The summed E-state index contributed by atoms with van der Waals surface area (Å²) < 4.78 is 41.1. The van der Waals surface area contributed by atoms with Gasteiger partial charge >= 0.3 is 0 Å². The molecule has 39 heavy (non-hydrogen) atoms. The summed E-state index contributed by atoms with van der Waals surface area (Å²) in [5.74, 6) is -1.23. The number of halogens is 2. The third-order valence-electron chi connectivity index (χ3n) is 6.16. The molecule has 0 fully saturated rings. The molecule has 0 aliphatic carbocycles. The number of para-hydroxylation sites is 1. The molecule has 0 saturated carbocycles. The molecule has 1 atom stereocenters. The van der Waals surface area contributed by atoms with E-state index in [1.807, 2.05) is 61.5 Å². The summed E-state index contributed by atoms with van der Waals surface area (Å²) in [6, 6.07) is 21.8. The number of benzene rings is 3. The van der Waals surface area contributed by atoms with Gasteiger partial charge in [0.15, 0.2) is 0 Å². The first-order chi connectivity index (χ1) is 18.6. The molecule has 0 aliphatic rings. The maximum atomic E-state index is 14.4. The highest BCUT2D eigenvalue weighted by Gasteiger charge is 2.30. The standard InChI is InChI=1S/C29H33BrFN3O4S/c1-3-32-29(36)27(20-22-10-5-4-6-11-22)33(21-23-15-17-24(30)18-16-23)28(35)14-9-19-34(39(2,37)38)26-13-8-7-12-25(26)31/h4-8,10-13,15-18,27H,3,9,14,19-21H2,1-2H3,(H,32,36)/t27-/m1/s1. The van der Waals surface area contributed by atoms with Gasteiger partial charge in [-0.15, -0.1) is 0 Å². The minimum Gasteiger partial charge on any atom is -0.355 e. The van der Waals surface area contributed by atoms with Crippen LogP contribution in [0.3, 0.4) is 0 Å². The van der Waals surface area contributed by atoms with Crippen molar-refractivity contribution in [2.75, 3.05) is 23.7 Å². The average Bonchev–Trinajstić information content (AvgIpc) is 2.90. The number of carbonyl (C=O) groups is 2. The lowest BCUT2D eigenvalue weighted by Crippen LogP contribution is -2.50. The van der Waals surface area contributed by atoms with Gasteiger partial charge in [-0.25, -0.2) is 12.8 Å². The molecule has 3 aromatic rings. The molecule has 0 radical (unpaired) electrons. The molecule has 2 amide bonds. The highest BCUT2D eigenvalue weighted by Crippen LogP contribution is 2.23. The highest BCUT2D eigenvalue weighted by atomic mass is 79.9. The van der Waals surface area contributed by atoms with Crippen molar-refractivity contribution in [2.45, 2.75) is 38.8 Å². The molecule has 0 saturated heterocycles. The van der Waals surface area contributed by atoms with Crippen LogP contribution in [0.2, 0.25) is 0 Å². The van der Waals surface area contributed by atoms with Crippen LogP contribution in [0, 0.1) is 5.82 Å². The number of likely N-dealkylation sites (N-methyl/N-ethyl adjacent to an activating group) is 1. The largest absolute Gasteiger partial charge is 0.355 e. The molecule has 3 aromatic carbocycles. The van der Waals surface area contributed by atoms with Gasteiger partial charge in [0.25, 0.3) is 0 Å². The number of sulfonamides is 1. The first-order valence-electron chi connectivity index (χ1n) is 12.7. The van der Waals surface area contributed by atoms with Crippen LogP contribution in [0.4, 0.5) is 10.1 Å². The maximum Gasteiger partial charge on any atom is 0.243 e. The molecule has 0 aliphatic heterocycles. The van der Waals surface area contributed by atoms with E-state index in [0.29, 0.717) is 13.0 Å². The first-order valence-corrected chi connectivity index (χ1v) is 15.3. The van der Waals surface area contributed by atoms with E-state index in [0.717, 1.165) is 26.2 Å². The Labute approximate surface area is 238 Å². The highest BCUT2D eigenvalue weighted by molar-refractivity contribution is 9.10. The molecule has 0 aromatic heterocycles. The Hall–Kier alpha value is -3.24. The van der Waals surface area contributed by atoms with E-state index < -0.39 is 21.9 Å². The maximum absolute atomic E-state index is 14.4. The lowest BCUT2D eigenvalue weighted by atomic mass is 10.0. The van der Waals surface area contributed by atoms with Gasteiger partial charge in [0.1, 0.15) is 11.9 Å². The Morgan fingerprint density at radius 3 is 2.21 bits per heavy atom. The zero-order valence-electron chi connectivity index (χ0n) is 22.0. The van der Waals surface area contributed by atoms with E-state index in [1.165, 1.54) is 18.2 Å². The van der Waals surface area contributed by atoms with Crippen LogP contribution in [-0.2, 0) is 32.6 Å². The minimum absolute atomic E-state index is 0.0261. The van der Waals surface area contributed by atoms with E-state index >= 15 is 0 Å². The first kappa shape index (κ1) is 30.3. The summed E-state index contributed by atoms with van der Waals surface area (Å²) >= 11 is 3.42. The van der Waals surface area contributed by atoms with Crippen LogP contribution in [0.1, 0.15) is 30.9 Å². The van der Waals surface area contributed by atoms with Gasteiger partial charge in [-0.3, -0.25) is 13.9 Å². The van der Waals surface area contributed by atoms with Crippen LogP contribution in [0.15, 0.2) is 83.3 Å². The number of amides is 2. The fraction of sp³-hybridized carbons (Fsp3) is 0.310. The smallest absolute Gasteiger partial charge is 0.243 e.